The second-order valence-corrected chi connectivity index (χ2v) is 6.04. The number of methoxy groups -OCH3 is 1. The highest BCUT2D eigenvalue weighted by Crippen LogP contribution is 2.15. The van der Waals surface area contributed by atoms with Gasteiger partial charge in [-0.15, -0.1) is 0 Å². The van der Waals surface area contributed by atoms with Crippen LogP contribution >= 0.6 is 0 Å². The minimum absolute atomic E-state index is 0.00566. The number of amides is 2. The number of benzene rings is 1. The number of nitrogens with zero attached hydrogens (tertiary/aromatic N) is 1. The third kappa shape index (κ3) is 5.28. The quantitative estimate of drug-likeness (QED) is 0.795. The maximum absolute atomic E-state index is 13.7. The van der Waals surface area contributed by atoms with Crippen LogP contribution in [0.1, 0.15) is 18.4 Å². The highest BCUT2D eigenvalue weighted by molar-refractivity contribution is 6.39. The number of piperidine rings is 1. The first-order chi connectivity index (χ1) is 11.5. The van der Waals surface area contributed by atoms with Crippen molar-refractivity contribution in [3.05, 3.63) is 29.6 Å². The number of hydrogen-bond acceptors (Lipinski definition) is 4. The van der Waals surface area contributed by atoms with Crippen molar-refractivity contribution in [3.63, 3.8) is 0 Å². The van der Waals surface area contributed by atoms with E-state index in [-0.39, 0.29) is 11.7 Å². The highest BCUT2D eigenvalue weighted by atomic mass is 19.1. The van der Waals surface area contributed by atoms with Crippen LogP contribution in [0.4, 0.5) is 10.1 Å². The van der Waals surface area contributed by atoms with Crippen molar-refractivity contribution in [2.75, 3.05) is 38.7 Å². The molecule has 1 aliphatic heterocycles. The fourth-order valence-corrected chi connectivity index (χ4v) is 2.75. The molecule has 1 aliphatic rings. The summed E-state index contributed by atoms with van der Waals surface area (Å²) < 4.78 is 18.8. The third-order valence-electron chi connectivity index (χ3n) is 4.03. The van der Waals surface area contributed by atoms with Crippen molar-refractivity contribution in [2.45, 2.75) is 25.8 Å². The lowest BCUT2D eigenvalue weighted by Crippen LogP contribution is -2.50. The summed E-state index contributed by atoms with van der Waals surface area (Å²) in [5, 5.41) is 5.03. The normalized spacial score (nSPS) is 18.2. The number of likely N-dealkylation sites (tertiary alicyclic amines) is 1. The van der Waals surface area contributed by atoms with E-state index in [2.05, 4.69) is 15.5 Å². The Kier molecular flexibility index (Phi) is 6.69. The smallest absolute Gasteiger partial charge is 0.313 e. The summed E-state index contributed by atoms with van der Waals surface area (Å²) >= 11 is 0. The maximum Gasteiger partial charge on any atom is 0.313 e. The molecule has 1 saturated heterocycles. The zero-order valence-corrected chi connectivity index (χ0v) is 14.1. The molecule has 1 heterocycles. The summed E-state index contributed by atoms with van der Waals surface area (Å²) in [5.41, 5.74) is 0.749. The number of anilines is 1. The van der Waals surface area contributed by atoms with Gasteiger partial charge < -0.3 is 15.4 Å². The van der Waals surface area contributed by atoms with E-state index < -0.39 is 17.6 Å². The van der Waals surface area contributed by atoms with Gasteiger partial charge in [0.25, 0.3) is 0 Å². The van der Waals surface area contributed by atoms with Crippen molar-refractivity contribution in [1.29, 1.82) is 0 Å². The number of rotatable bonds is 5. The Morgan fingerprint density at radius 3 is 2.88 bits per heavy atom. The van der Waals surface area contributed by atoms with Gasteiger partial charge in [-0.1, -0.05) is 6.07 Å². The number of carbonyl (C=O) groups excluding carboxylic acids is 2. The second kappa shape index (κ2) is 8.75. The fraction of sp³-hybridized carbons (Fsp3) is 0.529. The molecule has 1 atom stereocenters. The minimum Gasteiger partial charge on any atom is -0.383 e. The van der Waals surface area contributed by atoms with Gasteiger partial charge in [-0.3, -0.25) is 14.5 Å². The van der Waals surface area contributed by atoms with Crippen LogP contribution in [0, 0.1) is 12.7 Å². The molecule has 0 aliphatic carbocycles. The van der Waals surface area contributed by atoms with Crippen molar-refractivity contribution >= 4 is 17.5 Å². The van der Waals surface area contributed by atoms with E-state index in [0.717, 1.165) is 31.5 Å². The Labute approximate surface area is 141 Å². The Morgan fingerprint density at radius 1 is 1.38 bits per heavy atom. The standard InChI is InChI=1S/C17H24FN3O3/c1-12-5-6-15(14(18)10-12)20-17(23)16(22)19-13-4-3-7-21(11-13)8-9-24-2/h5-6,10,13H,3-4,7-9,11H2,1-2H3,(H,19,22)(H,20,23)/t13-/m1/s1. The van der Waals surface area contributed by atoms with Crippen LogP contribution in [0.5, 0.6) is 0 Å². The first kappa shape index (κ1) is 18.4. The molecule has 2 rings (SSSR count). The predicted molar refractivity (Wildman–Crippen MR) is 89.2 cm³/mol. The van der Waals surface area contributed by atoms with Crippen molar-refractivity contribution < 1.29 is 18.7 Å². The average molecular weight is 337 g/mol. The number of carbonyl (C=O) groups is 2. The van der Waals surface area contributed by atoms with E-state index in [9.17, 15) is 14.0 Å². The van der Waals surface area contributed by atoms with Crippen LogP contribution in [0.2, 0.25) is 0 Å². The van der Waals surface area contributed by atoms with E-state index in [1.54, 1.807) is 20.1 Å². The Bertz CT molecular complexity index is 594. The van der Waals surface area contributed by atoms with Crippen molar-refractivity contribution in [2.24, 2.45) is 0 Å². The first-order valence-corrected chi connectivity index (χ1v) is 8.09. The van der Waals surface area contributed by atoms with Gasteiger partial charge in [-0.25, -0.2) is 4.39 Å². The molecule has 1 aromatic carbocycles. The minimum atomic E-state index is -0.855. The Hall–Kier alpha value is -1.99. The molecule has 7 heteroatoms. The second-order valence-electron chi connectivity index (χ2n) is 6.04. The van der Waals surface area contributed by atoms with E-state index >= 15 is 0 Å². The average Bonchev–Trinajstić information content (AvgIpc) is 2.55. The van der Waals surface area contributed by atoms with E-state index in [1.165, 1.54) is 12.1 Å². The van der Waals surface area contributed by atoms with Crippen LogP contribution < -0.4 is 10.6 Å². The fourth-order valence-electron chi connectivity index (χ4n) is 2.75. The largest absolute Gasteiger partial charge is 0.383 e. The van der Waals surface area contributed by atoms with Gasteiger partial charge in [0.2, 0.25) is 0 Å². The van der Waals surface area contributed by atoms with E-state index in [1.807, 2.05) is 0 Å². The molecule has 1 fully saturated rings. The lowest BCUT2D eigenvalue weighted by molar-refractivity contribution is -0.136. The summed E-state index contributed by atoms with van der Waals surface area (Å²) in [6, 6.07) is 4.34. The molecule has 24 heavy (non-hydrogen) atoms. The van der Waals surface area contributed by atoms with E-state index in [0.29, 0.717) is 13.2 Å². The monoisotopic (exact) mass is 337 g/mol. The number of aryl methyl sites for hydroxylation is 1. The molecular weight excluding hydrogens is 313 g/mol. The van der Waals surface area contributed by atoms with Crippen molar-refractivity contribution in [3.8, 4) is 0 Å². The highest BCUT2D eigenvalue weighted by Gasteiger charge is 2.24. The van der Waals surface area contributed by atoms with Gasteiger partial charge >= 0.3 is 11.8 Å². The maximum atomic E-state index is 13.7. The molecule has 0 radical (unpaired) electrons. The van der Waals surface area contributed by atoms with Gasteiger partial charge in [0.1, 0.15) is 5.82 Å². The number of ether oxygens (including phenoxy) is 1. The van der Waals surface area contributed by atoms with Gasteiger partial charge in [0, 0.05) is 26.2 Å². The molecule has 0 spiro atoms. The number of hydrogen-bond donors (Lipinski definition) is 2. The third-order valence-corrected chi connectivity index (χ3v) is 4.03. The molecule has 132 valence electrons. The van der Waals surface area contributed by atoms with Gasteiger partial charge in [0.05, 0.1) is 12.3 Å². The molecule has 0 bridgehead atoms. The van der Waals surface area contributed by atoms with Crippen LogP contribution in [-0.4, -0.2) is 56.1 Å². The molecule has 6 nitrogen and oxygen atoms in total. The number of halogens is 1. The zero-order valence-electron chi connectivity index (χ0n) is 14.1. The Morgan fingerprint density at radius 2 is 2.17 bits per heavy atom. The molecular formula is C17H24FN3O3. The number of nitrogens with one attached hydrogen (secondary N) is 2. The van der Waals surface area contributed by atoms with Crippen LogP contribution in [0.25, 0.3) is 0 Å². The van der Waals surface area contributed by atoms with Crippen LogP contribution in [0.15, 0.2) is 18.2 Å². The summed E-state index contributed by atoms with van der Waals surface area (Å²) in [6.45, 7) is 4.81. The lowest BCUT2D eigenvalue weighted by Gasteiger charge is -2.32. The van der Waals surface area contributed by atoms with Gasteiger partial charge in [-0.05, 0) is 44.0 Å². The first-order valence-electron chi connectivity index (χ1n) is 8.09. The molecule has 0 aromatic heterocycles. The summed E-state index contributed by atoms with van der Waals surface area (Å²) in [6.07, 6.45) is 1.77. The molecule has 2 N–H and O–H groups in total. The molecule has 2 amide bonds. The van der Waals surface area contributed by atoms with Crippen molar-refractivity contribution in [1.82, 2.24) is 10.2 Å². The zero-order chi connectivity index (χ0) is 17.5. The Balaban J connectivity index is 1.85. The lowest BCUT2D eigenvalue weighted by atomic mass is 10.1. The molecule has 0 unspecified atom stereocenters. The topological polar surface area (TPSA) is 70.7 Å². The molecule has 0 saturated carbocycles. The van der Waals surface area contributed by atoms with Crippen LogP contribution in [0.3, 0.4) is 0 Å². The molecule has 1 aromatic rings. The van der Waals surface area contributed by atoms with Gasteiger partial charge in [0.15, 0.2) is 0 Å². The summed E-state index contributed by atoms with van der Waals surface area (Å²) in [5.74, 6) is -2.15. The summed E-state index contributed by atoms with van der Waals surface area (Å²) in [4.78, 5) is 26.2. The predicted octanol–water partition coefficient (Wildman–Crippen LogP) is 1.30. The SMILES string of the molecule is COCCN1CCC[C@@H](NC(=O)C(=O)Nc2ccc(C)cc2F)C1. The van der Waals surface area contributed by atoms with E-state index in [4.69, 9.17) is 4.74 Å². The van der Waals surface area contributed by atoms with Gasteiger partial charge in [-0.2, -0.15) is 0 Å². The summed E-state index contributed by atoms with van der Waals surface area (Å²) in [7, 11) is 1.65. The van der Waals surface area contributed by atoms with Crippen LogP contribution in [-0.2, 0) is 14.3 Å².